The maximum absolute atomic E-state index is 13.0. The van der Waals surface area contributed by atoms with Crippen molar-refractivity contribution in [2.45, 2.75) is 18.4 Å². The molecule has 4 aromatic rings. The number of likely N-dealkylation sites (N-methyl/N-ethyl adjacent to an activating group) is 1. The Morgan fingerprint density at radius 2 is 1.60 bits per heavy atom. The molecule has 3 saturated heterocycles. The van der Waals surface area contributed by atoms with E-state index in [9.17, 15) is 14.7 Å². The number of amides is 2. The van der Waals surface area contributed by atoms with Crippen LogP contribution in [0.3, 0.4) is 0 Å². The number of carbonyl (C=O) groups excluding carboxylic acids is 2. The van der Waals surface area contributed by atoms with Crippen LogP contribution in [0.1, 0.15) is 28.8 Å². The molecule has 2 N–H and O–H groups in total. The molecule has 0 atom stereocenters. The van der Waals surface area contributed by atoms with E-state index in [4.69, 9.17) is 16.6 Å². The number of nitrogens with one attached hydrogen (secondary N) is 1. The van der Waals surface area contributed by atoms with E-state index in [0.29, 0.717) is 55.6 Å². The van der Waals surface area contributed by atoms with Gasteiger partial charge < -0.3 is 30.0 Å². The van der Waals surface area contributed by atoms with Crippen LogP contribution in [-0.2, 0) is 10.4 Å². The first-order valence-electron chi connectivity index (χ1n) is 15.5. The lowest BCUT2D eigenvalue weighted by molar-refractivity contribution is -0.141. The van der Waals surface area contributed by atoms with Crippen molar-refractivity contribution in [3.63, 3.8) is 0 Å². The fraction of sp³-hybridized carbons (Fsp3) is 0.394. The molecule has 3 aliphatic rings. The van der Waals surface area contributed by atoms with Crippen molar-refractivity contribution in [1.82, 2.24) is 29.3 Å². The molecular formula is C33H37ClN8O3. The van der Waals surface area contributed by atoms with E-state index < -0.39 is 5.60 Å². The summed E-state index contributed by atoms with van der Waals surface area (Å²) in [7, 11) is 2.07. The quantitative estimate of drug-likeness (QED) is 0.334. The van der Waals surface area contributed by atoms with Gasteiger partial charge in [0.05, 0.1) is 17.2 Å². The van der Waals surface area contributed by atoms with Gasteiger partial charge in [-0.2, -0.15) is 4.98 Å². The summed E-state index contributed by atoms with van der Waals surface area (Å²) in [5.74, 6) is 0.437. The van der Waals surface area contributed by atoms with Crippen molar-refractivity contribution in [3.8, 4) is 0 Å². The number of benzene rings is 2. The van der Waals surface area contributed by atoms with E-state index >= 15 is 0 Å². The standard InChI is InChI=1S/C33H37ClN8O3/c1-38-17-19-40(20-18-38)31(44)24-21-41(22-24)30(43)23-4-10-27(11-5-23)35-32-36-29-28(3-2-14-42(29)37-32)39-15-12-33(45,13-16-39)25-6-8-26(34)9-7-25/h2-11,14,24,45H,12-13,15-22H2,1H3,(H,35,37). The third-order valence-corrected chi connectivity index (χ3v) is 9.63. The molecule has 2 aromatic carbocycles. The summed E-state index contributed by atoms with van der Waals surface area (Å²) >= 11 is 6.05. The van der Waals surface area contributed by atoms with Crippen LogP contribution in [0, 0.1) is 5.92 Å². The number of halogens is 1. The van der Waals surface area contributed by atoms with Gasteiger partial charge in [-0.3, -0.25) is 9.59 Å². The Labute approximate surface area is 267 Å². The number of carbonyl (C=O) groups is 2. The number of nitrogens with zero attached hydrogens (tertiary/aromatic N) is 7. The second-order valence-electron chi connectivity index (χ2n) is 12.4. The average molecular weight is 629 g/mol. The van der Waals surface area contributed by atoms with Crippen LogP contribution < -0.4 is 10.2 Å². The van der Waals surface area contributed by atoms with Gasteiger partial charge in [0, 0.05) is 74.8 Å². The predicted molar refractivity (Wildman–Crippen MR) is 173 cm³/mol. The molecule has 7 rings (SSSR count). The second kappa shape index (κ2) is 12.0. The third-order valence-electron chi connectivity index (χ3n) is 9.38. The maximum Gasteiger partial charge on any atom is 0.253 e. The first-order valence-corrected chi connectivity index (χ1v) is 15.9. The monoisotopic (exact) mass is 628 g/mol. The van der Waals surface area contributed by atoms with Crippen LogP contribution in [0.15, 0.2) is 66.9 Å². The number of piperazine rings is 1. The van der Waals surface area contributed by atoms with Crippen LogP contribution in [0.2, 0.25) is 5.02 Å². The molecule has 0 radical (unpaired) electrons. The molecule has 234 valence electrons. The van der Waals surface area contributed by atoms with Crippen molar-refractivity contribution in [2.75, 3.05) is 69.6 Å². The number of anilines is 3. The molecule has 3 aliphatic heterocycles. The lowest BCUT2D eigenvalue weighted by Crippen LogP contribution is -2.58. The molecule has 5 heterocycles. The van der Waals surface area contributed by atoms with Crippen LogP contribution >= 0.6 is 11.6 Å². The van der Waals surface area contributed by atoms with E-state index in [1.165, 1.54) is 0 Å². The number of aliphatic hydroxyl groups is 1. The van der Waals surface area contributed by atoms with E-state index in [-0.39, 0.29) is 17.7 Å². The molecule has 2 aromatic heterocycles. The highest BCUT2D eigenvalue weighted by Crippen LogP contribution is 2.36. The zero-order chi connectivity index (χ0) is 31.1. The highest BCUT2D eigenvalue weighted by Gasteiger charge is 2.39. The van der Waals surface area contributed by atoms with Crippen LogP contribution in [0.5, 0.6) is 0 Å². The molecule has 12 heteroatoms. The van der Waals surface area contributed by atoms with Crippen molar-refractivity contribution in [3.05, 3.63) is 83.0 Å². The Hall–Kier alpha value is -4.19. The zero-order valence-electron chi connectivity index (χ0n) is 25.3. The molecule has 0 bridgehead atoms. The largest absolute Gasteiger partial charge is 0.385 e. The minimum Gasteiger partial charge on any atom is -0.385 e. The van der Waals surface area contributed by atoms with Gasteiger partial charge in [-0.25, -0.2) is 4.52 Å². The molecule has 11 nitrogen and oxygen atoms in total. The van der Waals surface area contributed by atoms with Gasteiger partial charge in [0.1, 0.15) is 0 Å². The smallest absolute Gasteiger partial charge is 0.253 e. The summed E-state index contributed by atoms with van der Waals surface area (Å²) in [4.78, 5) is 38.7. The minimum atomic E-state index is -0.889. The highest BCUT2D eigenvalue weighted by molar-refractivity contribution is 6.30. The normalized spacial score (nSPS) is 19.0. The molecule has 0 aliphatic carbocycles. The molecule has 2 amide bonds. The number of piperidine rings is 1. The molecule has 45 heavy (non-hydrogen) atoms. The van der Waals surface area contributed by atoms with E-state index in [1.807, 2.05) is 59.6 Å². The molecule has 0 unspecified atom stereocenters. The van der Waals surface area contributed by atoms with Crippen LogP contribution in [0.4, 0.5) is 17.3 Å². The van der Waals surface area contributed by atoms with Gasteiger partial charge in [0.25, 0.3) is 5.91 Å². The summed E-state index contributed by atoms with van der Waals surface area (Å²) in [5.41, 5.74) is 3.02. The van der Waals surface area contributed by atoms with Gasteiger partial charge in [-0.1, -0.05) is 23.7 Å². The molecule has 3 fully saturated rings. The first-order chi connectivity index (χ1) is 21.8. The number of hydrogen-bond donors (Lipinski definition) is 2. The number of pyridine rings is 1. The number of aromatic nitrogens is 3. The summed E-state index contributed by atoms with van der Waals surface area (Å²) in [6.45, 7) is 5.57. The Morgan fingerprint density at radius 3 is 2.29 bits per heavy atom. The molecule has 0 spiro atoms. The van der Waals surface area contributed by atoms with E-state index in [0.717, 1.165) is 48.8 Å². The van der Waals surface area contributed by atoms with Crippen molar-refractivity contribution in [2.24, 2.45) is 5.92 Å². The lowest BCUT2D eigenvalue weighted by Gasteiger charge is -2.42. The summed E-state index contributed by atoms with van der Waals surface area (Å²) in [6.07, 6.45) is 3.04. The predicted octanol–water partition coefficient (Wildman–Crippen LogP) is 3.46. The van der Waals surface area contributed by atoms with Gasteiger partial charge in [-0.15, -0.1) is 5.10 Å². The number of likely N-dealkylation sites (tertiary alicyclic amines) is 1. The fourth-order valence-corrected chi connectivity index (χ4v) is 6.58. The Balaban J connectivity index is 0.962. The van der Waals surface area contributed by atoms with Gasteiger partial charge in [0.15, 0.2) is 5.65 Å². The highest BCUT2D eigenvalue weighted by atomic mass is 35.5. The Bertz CT molecular complexity index is 1690. The van der Waals surface area contributed by atoms with Gasteiger partial charge >= 0.3 is 0 Å². The fourth-order valence-electron chi connectivity index (χ4n) is 6.45. The van der Waals surface area contributed by atoms with Crippen molar-refractivity contribution < 1.29 is 14.7 Å². The summed E-state index contributed by atoms with van der Waals surface area (Å²) in [6, 6.07) is 18.7. The Kier molecular flexibility index (Phi) is 7.84. The minimum absolute atomic E-state index is 0.0658. The maximum atomic E-state index is 13.0. The van der Waals surface area contributed by atoms with E-state index in [2.05, 4.69) is 27.3 Å². The number of fused-ring (bicyclic) bond motifs is 1. The lowest BCUT2D eigenvalue weighted by atomic mass is 9.84. The van der Waals surface area contributed by atoms with Crippen LogP contribution in [0.25, 0.3) is 5.65 Å². The molecular weight excluding hydrogens is 592 g/mol. The number of hydrogen-bond acceptors (Lipinski definition) is 8. The zero-order valence-corrected chi connectivity index (χ0v) is 26.0. The van der Waals surface area contributed by atoms with Crippen molar-refractivity contribution >= 4 is 46.4 Å². The second-order valence-corrected chi connectivity index (χ2v) is 12.8. The number of rotatable bonds is 6. The third kappa shape index (κ3) is 5.95. The summed E-state index contributed by atoms with van der Waals surface area (Å²) < 4.78 is 1.75. The van der Waals surface area contributed by atoms with Crippen LogP contribution in [-0.4, -0.2) is 106 Å². The van der Waals surface area contributed by atoms with Gasteiger partial charge in [-0.05, 0) is 74.0 Å². The Morgan fingerprint density at radius 1 is 0.911 bits per heavy atom. The first kappa shape index (κ1) is 29.5. The topological polar surface area (TPSA) is 110 Å². The molecule has 0 saturated carbocycles. The van der Waals surface area contributed by atoms with Crippen molar-refractivity contribution in [1.29, 1.82) is 0 Å². The average Bonchev–Trinajstić information content (AvgIpc) is 3.44. The SMILES string of the molecule is CN1CCN(C(=O)C2CN(C(=O)c3ccc(Nc4nc5c(N6CCC(O)(c7ccc(Cl)cc7)CC6)cccn5n4)cc3)C2)CC1. The summed E-state index contributed by atoms with van der Waals surface area (Å²) in [5, 5.41) is 19.8. The van der Waals surface area contributed by atoms with Gasteiger partial charge in [0.2, 0.25) is 11.9 Å². The van der Waals surface area contributed by atoms with E-state index in [1.54, 1.807) is 21.5 Å².